The number of aliphatic hydroxyl groups is 1. The largest absolute Gasteiger partial charge is 0.396 e. The van der Waals surface area contributed by atoms with Gasteiger partial charge >= 0.3 is 0 Å². The van der Waals surface area contributed by atoms with Gasteiger partial charge in [0.15, 0.2) is 0 Å². The average Bonchev–Trinajstić information content (AvgIpc) is 2.90. The average molecular weight is 267 g/mol. The van der Waals surface area contributed by atoms with Crippen LogP contribution >= 0.6 is 0 Å². The molecule has 1 amide bonds. The van der Waals surface area contributed by atoms with E-state index in [0.29, 0.717) is 12.2 Å². The van der Waals surface area contributed by atoms with Gasteiger partial charge in [0, 0.05) is 17.7 Å². The van der Waals surface area contributed by atoms with Gasteiger partial charge in [-0.3, -0.25) is 9.89 Å². The summed E-state index contributed by atoms with van der Waals surface area (Å²) >= 11 is 0. The number of aromatic amines is 1. The number of carbonyl (C=O) groups excluding carboxylic acids is 1. The maximum absolute atomic E-state index is 12.0. The topological polar surface area (TPSA) is 78.0 Å². The van der Waals surface area contributed by atoms with E-state index in [9.17, 15) is 9.90 Å². The Morgan fingerprint density at radius 3 is 2.63 bits per heavy atom. The fourth-order valence-electron chi connectivity index (χ4n) is 2.01. The highest BCUT2D eigenvalue weighted by Gasteiger charge is 2.26. The van der Waals surface area contributed by atoms with Gasteiger partial charge in [-0.05, 0) is 25.3 Å². The lowest BCUT2D eigenvalue weighted by Gasteiger charge is -2.29. The van der Waals surface area contributed by atoms with Gasteiger partial charge in [-0.2, -0.15) is 5.10 Å². The normalized spacial score (nSPS) is 11.6. The number of carbonyl (C=O) groups is 1. The molecule has 0 aromatic carbocycles. The third kappa shape index (κ3) is 4.06. The summed E-state index contributed by atoms with van der Waals surface area (Å²) in [5.41, 5.74) is 1.17. The molecule has 0 saturated heterocycles. The van der Waals surface area contributed by atoms with Crippen molar-refractivity contribution in [2.75, 3.05) is 13.2 Å². The van der Waals surface area contributed by atoms with Crippen molar-refractivity contribution < 1.29 is 9.90 Å². The number of nitrogens with one attached hydrogen (secondary N) is 2. The Hall–Kier alpha value is -1.36. The van der Waals surface area contributed by atoms with Crippen molar-refractivity contribution in [2.24, 2.45) is 5.41 Å². The first-order chi connectivity index (χ1) is 9.10. The molecule has 0 spiro atoms. The molecule has 19 heavy (non-hydrogen) atoms. The summed E-state index contributed by atoms with van der Waals surface area (Å²) in [6.45, 7) is 6.70. The second kappa shape index (κ2) is 7.28. The Morgan fingerprint density at radius 1 is 1.42 bits per heavy atom. The lowest BCUT2D eigenvalue weighted by molar-refractivity contribution is 0.0847. The molecular weight excluding hydrogens is 242 g/mol. The Balaban J connectivity index is 2.58. The number of H-pyrrole nitrogens is 1. The van der Waals surface area contributed by atoms with E-state index >= 15 is 0 Å². The molecule has 0 fully saturated rings. The monoisotopic (exact) mass is 267 g/mol. The van der Waals surface area contributed by atoms with Crippen LogP contribution in [-0.2, 0) is 6.42 Å². The maximum atomic E-state index is 12.0. The number of hydrogen-bond donors (Lipinski definition) is 3. The van der Waals surface area contributed by atoms with Crippen molar-refractivity contribution in [3.8, 4) is 0 Å². The van der Waals surface area contributed by atoms with Crippen LogP contribution in [0.3, 0.4) is 0 Å². The summed E-state index contributed by atoms with van der Waals surface area (Å²) in [6, 6.07) is 1.79. The van der Waals surface area contributed by atoms with Crippen molar-refractivity contribution in [3.05, 3.63) is 17.5 Å². The van der Waals surface area contributed by atoms with Gasteiger partial charge in [0.1, 0.15) is 5.69 Å². The Labute approximate surface area is 114 Å². The third-order valence-corrected chi connectivity index (χ3v) is 3.84. The fraction of sp³-hybridized carbons (Fsp3) is 0.714. The zero-order valence-electron chi connectivity index (χ0n) is 12.1. The number of nitrogens with zero attached hydrogens (tertiary/aromatic N) is 1. The predicted octanol–water partition coefficient (Wildman–Crippen LogP) is 1.89. The van der Waals surface area contributed by atoms with Crippen LogP contribution in [0, 0.1) is 5.41 Å². The first-order valence-corrected chi connectivity index (χ1v) is 7.04. The van der Waals surface area contributed by atoms with E-state index < -0.39 is 0 Å². The smallest absolute Gasteiger partial charge is 0.271 e. The summed E-state index contributed by atoms with van der Waals surface area (Å²) in [4.78, 5) is 12.0. The van der Waals surface area contributed by atoms with Crippen LogP contribution in [0.25, 0.3) is 0 Å². The van der Waals surface area contributed by atoms with Gasteiger partial charge in [0.2, 0.25) is 0 Å². The molecule has 0 atom stereocenters. The molecule has 108 valence electrons. The maximum Gasteiger partial charge on any atom is 0.271 e. The molecular formula is C14H25N3O2. The van der Waals surface area contributed by atoms with Crippen LogP contribution in [0.15, 0.2) is 6.07 Å². The molecule has 0 bridgehead atoms. The highest BCUT2D eigenvalue weighted by atomic mass is 16.3. The summed E-state index contributed by atoms with van der Waals surface area (Å²) in [6.07, 6.45) is 3.58. The summed E-state index contributed by atoms with van der Waals surface area (Å²) in [5.74, 6) is -0.182. The Bertz CT molecular complexity index is 389. The van der Waals surface area contributed by atoms with E-state index in [-0.39, 0.29) is 17.9 Å². The van der Waals surface area contributed by atoms with Gasteiger partial charge in [-0.15, -0.1) is 0 Å². The molecule has 0 aliphatic carbocycles. The molecule has 0 unspecified atom stereocenters. The number of aliphatic hydroxyl groups excluding tert-OH is 1. The molecule has 5 heteroatoms. The highest BCUT2D eigenvalue weighted by molar-refractivity contribution is 5.92. The molecule has 0 aliphatic rings. The van der Waals surface area contributed by atoms with Gasteiger partial charge in [0.25, 0.3) is 5.91 Å². The van der Waals surface area contributed by atoms with Gasteiger partial charge in [0.05, 0.1) is 6.61 Å². The molecule has 0 aliphatic heterocycles. The second-order valence-electron chi connectivity index (χ2n) is 5.08. The number of rotatable bonds is 8. The van der Waals surface area contributed by atoms with Crippen LogP contribution in [0.1, 0.15) is 56.2 Å². The Morgan fingerprint density at radius 2 is 2.11 bits per heavy atom. The number of aromatic nitrogens is 2. The van der Waals surface area contributed by atoms with E-state index in [2.05, 4.69) is 22.4 Å². The standard InChI is InChI=1S/C14H25N3O2/c1-4-7-11-8-12(17-16-11)13(19)15-9-14(5-2,6-3)10-18/h8,18H,4-7,9-10H2,1-3H3,(H,15,19)(H,16,17). The molecule has 0 radical (unpaired) electrons. The lowest BCUT2D eigenvalue weighted by atomic mass is 9.83. The molecule has 1 aromatic heterocycles. The molecule has 3 N–H and O–H groups in total. The zero-order chi connectivity index (χ0) is 14.3. The SMILES string of the molecule is CCCc1cc(C(=O)NCC(CC)(CC)CO)n[nH]1. The number of hydrogen-bond acceptors (Lipinski definition) is 3. The van der Waals surface area contributed by atoms with E-state index in [4.69, 9.17) is 0 Å². The molecule has 5 nitrogen and oxygen atoms in total. The minimum atomic E-state index is -0.224. The first kappa shape index (κ1) is 15.7. The minimum absolute atomic E-state index is 0.0852. The molecule has 0 saturated carbocycles. The fourth-order valence-corrected chi connectivity index (χ4v) is 2.01. The van der Waals surface area contributed by atoms with E-state index in [1.807, 2.05) is 13.8 Å². The van der Waals surface area contributed by atoms with Crippen LogP contribution in [-0.4, -0.2) is 34.4 Å². The summed E-state index contributed by atoms with van der Waals surface area (Å²) in [7, 11) is 0. The quantitative estimate of drug-likeness (QED) is 0.673. The van der Waals surface area contributed by atoms with Crippen molar-refractivity contribution in [1.29, 1.82) is 0 Å². The number of amides is 1. The highest BCUT2D eigenvalue weighted by Crippen LogP contribution is 2.24. The van der Waals surface area contributed by atoms with Gasteiger partial charge in [-0.1, -0.05) is 27.2 Å². The zero-order valence-corrected chi connectivity index (χ0v) is 12.1. The number of aryl methyl sites for hydroxylation is 1. The minimum Gasteiger partial charge on any atom is -0.396 e. The van der Waals surface area contributed by atoms with E-state index in [1.165, 1.54) is 0 Å². The second-order valence-corrected chi connectivity index (χ2v) is 5.08. The van der Waals surface area contributed by atoms with E-state index in [0.717, 1.165) is 31.4 Å². The summed E-state index contributed by atoms with van der Waals surface area (Å²) in [5, 5.41) is 19.2. The van der Waals surface area contributed by atoms with Gasteiger partial charge in [-0.25, -0.2) is 0 Å². The third-order valence-electron chi connectivity index (χ3n) is 3.84. The van der Waals surface area contributed by atoms with Crippen LogP contribution in [0.2, 0.25) is 0 Å². The molecule has 1 rings (SSSR count). The molecule has 1 heterocycles. The van der Waals surface area contributed by atoms with Crippen molar-refractivity contribution in [1.82, 2.24) is 15.5 Å². The van der Waals surface area contributed by atoms with Crippen molar-refractivity contribution in [2.45, 2.75) is 46.5 Å². The predicted molar refractivity (Wildman–Crippen MR) is 75.0 cm³/mol. The van der Waals surface area contributed by atoms with Crippen LogP contribution in [0.4, 0.5) is 0 Å². The first-order valence-electron chi connectivity index (χ1n) is 7.04. The van der Waals surface area contributed by atoms with Crippen molar-refractivity contribution >= 4 is 5.91 Å². The van der Waals surface area contributed by atoms with Crippen LogP contribution < -0.4 is 5.32 Å². The summed E-state index contributed by atoms with van der Waals surface area (Å²) < 4.78 is 0. The van der Waals surface area contributed by atoms with Crippen LogP contribution in [0.5, 0.6) is 0 Å². The van der Waals surface area contributed by atoms with Gasteiger partial charge < -0.3 is 10.4 Å². The Kier molecular flexibility index (Phi) is 6.02. The van der Waals surface area contributed by atoms with E-state index in [1.54, 1.807) is 6.07 Å². The molecule has 1 aromatic rings. The van der Waals surface area contributed by atoms with Crippen molar-refractivity contribution in [3.63, 3.8) is 0 Å². The lowest BCUT2D eigenvalue weighted by Crippen LogP contribution is -2.39.